The van der Waals surface area contributed by atoms with E-state index >= 15 is 0 Å². The molecular weight excluding hydrogens is 208 g/mol. The maximum atomic E-state index is 4.40. The van der Waals surface area contributed by atoms with Crippen LogP contribution in [0.4, 0.5) is 0 Å². The molecule has 0 spiro atoms. The van der Waals surface area contributed by atoms with E-state index in [1.807, 2.05) is 12.3 Å². The third kappa shape index (κ3) is 3.97. The molecule has 0 fully saturated rings. The van der Waals surface area contributed by atoms with Crippen molar-refractivity contribution in [1.29, 1.82) is 0 Å². The minimum atomic E-state index is 0.324. The molecule has 1 N–H and O–H groups in total. The Hall–Kier alpha value is -1.15. The number of rotatable bonds is 3. The van der Waals surface area contributed by atoms with E-state index in [9.17, 15) is 0 Å². The van der Waals surface area contributed by atoms with Gasteiger partial charge in [0.25, 0.3) is 0 Å². The van der Waals surface area contributed by atoms with Gasteiger partial charge in [0.05, 0.1) is 5.69 Å². The number of nitrogens with zero attached hydrogens (tertiary/aromatic N) is 1. The number of hydrogen-bond acceptors (Lipinski definition) is 2. The van der Waals surface area contributed by atoms with Gasteiger partial charge in [0.2, 0.25) is 0 Å². The summed E-state index contributed by atoms with van der Waals surface area (Å²) in [6.45, 7) is 2.19. The Balaban J connectivity index is 1.93. The first-order valence-corrected chi connectivity index (χ1v) is 6.70. The van der Waals surface area contributed by atoms with Gasteiger partial charge in [-0.05, 0) is 38.3 Å². The van der Waals surface area contributed by atoms with E-state index in [0.29, 0.717) is 12.1 Å². The zero-order chi connectivity index (χ0) is 11.9. The Kier molecular flexibility index (Phi) is 4.75. The van der Waals surface area contributed by atoms with Crippen LogP contribution in [0.2, 0.25) is 0 Å². The average molecular weight is 230 g/mol. The lowest BCUT2D eigenvalue weighted by Crippen LogP contribution is -2.30. The van der Waals surface area contributed by atoms with Crippen molar-refractivity contribution in [2.45, 2.75) is 51.1 Å². The maximum absolute atomic E-state index is 4.40. The monoisotopic (exact) mass is 230 g/mol. The summed E-state index contributed by atoms with van der Waals surface area (Å²) in [4.78, 5) is 4.40. The fourth-order valence-corrected chi connectivity index (χ4v) is 2.34. The molecule has 0 radical (unpaired) electrons. The minimum absolute atomic E-state index is 0.324. The smallest absolute Gasteiger partial charge is 0.0570 e. The van der Waals surface area contributed by atoms with Crippen molar-refractivity contribution < 1.29 is 0 Å². The molecule has 1 heterocycles. The summed E-state index contributed by atoms with van der Waals surface area (Å²) in [7, 11) is 0. The van der Waals surface area contributed by atoms with Gasteiger partial charge in [-0.2, -0.15) is 0 Å². The Morgan fingerprint density at radius 1 is 1.29 bits per heavy atom. The Morgan fingerprint density at radius 3 is 3.06 bits per heavy atom. The second kappa shape index (κ2) is 6.55. The highest BCUT2D eigenvalue weighted by Crippen LogP contribution is 2.15. The molecule has 0 aromatic carbocycles. The zero-order valence-corrected chi connectivity index (χ0v) is 10.6. The molecule has 1 aromatic rings. The number of aromatic nitrogens is 1. The van der Waals surface area contributed by atoms with Crippen molar-refractivity contribution in [3.8, 4) is 0 Å². The van der Waals surface area contributed by atoms with E-state index < -0.39 is 0 Å². The van der Waals surface area contributed by atoms with E-state index in [1.165, 1.54) is 32.1 Å². The molecule has 2 rings (SSSR count). The van der Waals surface area contributed by atoms with Gasteiger partial charge in [0.15, 0.2) is 0 Å². The molecule has 1 aromatic heterocycles. The molecule has 1 aliphatic carbocycles. The molecular formula is C15H22N2. The van der Waals surface area contributed by atoms with Crippen LogP contribution >= 0.6 is 0 Å². The molecule has 1 aliphatic rings. The quantitative estimate of drug-likeness (QED) is 0.802. The molecule has 2 nitrogen and oxygen atoms in total. The summed E-state index contributed by atoms with van der Waals surface area (Å²) in [5.41, 5.74) is 1.13. The molecule has 2 heteroatoms. The number of nitrogens with one attached hydrogen (secondary N) is 1. The van der Waals surface area contributed by atoms with Crippen molar-refractivity contribution in [3.05, 3.63) is 42.2 Å². The first-order chi connectivity index (χ1) is 8.36. The number of hydrogen-bond donors (Lipinski definition) is 1. The molecule has 0 saturated heterocycles. The molecule has 0 amide bonds. The van der Waals surface area contributed by atoms with Crippen molar-refractivity contribution in [2.75, 3.05) is 0 Å². The topological polar surface area (TPSA) is 24.9 Å². The molecule has 2 unspecified atom stereocenters. The van der Waals surface area contributed by atoms with Crippen LogP contribution in [0.3, 0.4) is 0 Å². The van der Waals surface area contributed by atoms with Crippen LogP contribution in [-0.2, 0) is 0 Å². The molecule has 17 heavy (non-hydrogen) atoms. The predicted molar refractivity (Wildman–Crippen MR) is 71.8 cm³/mol. The van der Waals surface area contributed by atoms with Gasteiger partial charge >= 0.3 is 0 Å². The highest BCUT2D eigenvalue weighted by Gasteiger charge is 2.12. The van der Waals surface area contributed by atoms with E-state index in [1.54, 1.807) is 0 Å². The second-order valence-electron chi connectivity index (χ2n) is 4.82. The van der Waals surface area contributed by atoms with Gasteiger partial charge in [-0.15, -0.1) is 0 Å². The summed E-state index contributed by atoms with van der Waals surface area (Å²) < 4.78 is 0. The van der Waals surface area contributed by atoms with Gasteiger partial charge < -0.3 is 5.32 Å². The van der Waals surface area contributed by atoms with Gasteiger partial charge in [-0.25, -0.2) is 0 Å². The van der Waals surface area contributed by atoms with E-state index in [-0.39, 0.29) is 0 Å². The van der Waals surface area contributed by atoms with E-state index in [0.717, 1.165) is 5.69 Å². The average Bonchev–Trinajstić information content (AvgIpc) is 2.33. The molecule has 2 atom stereocenters. The first-order valence-electron chi connectivity index (χ1n) is 6.70. The molecule has 0 aliphatic heterocycles. The van der Waals surface area contributed by atoms with Crippen LogP contribution in [0, 0.1) is 0 Å². The predicted octanol–water partition coefficient (Wildman–Crippen LogP) is 3.62. The summed E-state index contributed by atoms with van der Waals surface area (Å²) in [6, 6.07) is 6.93. The summed E-state index contributed by atoms with van der Waals surface area (Å²) in [5, 5.41) is 3.65. The van der Waals surface area contributed by atoms with E-state index in [2.05, 4.69) is 41.5 Å². The summed E-state index contributed by atoms with van der Waals surface area (Å²) >= 11 is 0. The summed E-state index contributed by atoms with van der Waals surface area (Å²) in [6.07, 6.45) is 13.0. The van der Waals surface area contributed by atoms with Crippen molar-refractivity contribution in [3.63, 3.8) is 0 Å². The lowest BCUT2D eigenvalue weighted by molar-refractivity contribution is 0.456. The SMILES string of the molecule is CC(NC1/C=C/CCCCC1)c1ccccn1. The highest BCUT2D eigenvalue weighted by atomic mass is 15.0. The number of allylic oxidation sites excluding steroid dienone is 1. The van der Waals surface area contributed by atoms with Crippen molar-refractivity contribution in [2.24, 2.45) is 0 Å². The number of pyridine rings is 1. The highest BCUT2D eigenvalue weighted by molar-refractivity contribution is 5.09. The fraction of sp³-hybridized carbons (Fsp3) is 0.533. The van der Waals surface area contributed by atoms with Crippen LogP contribution < -0.4 is 5.32 Å². The Morgan fingerprint density at radius 2 is 2.24 bits per heavy atom. The van der Waals surface area contributed by atoms with Gasteiger partial charge in [0, 0.05) is 18.3 Å². The largest absolute Gasteiger partial charge is 0.303 e. The summed E-state index contributed by atoms with van der Waals surface area (Å²) in [5.74, 6) is 0. The van der Waals surface area contributed by atoms with Crippen LogP contribution in [0.5, 0.6) is 0 Å². The minimum Gasteiger partial charge on any atom is -0.303 e. The molecule has 92 valence electrons. The fourth-order valence-electron chi connectivity index (χ4n) is 2.34. The second-order valence-corrected chi connectivity index (χ2v) is 4.82. The van der Waals surface area contributed by atoms with Crippen LogP contribution in [-0.4, -0.2) is 11.0 Å². The van der Waals surface area contributed by atoms with Crippen LogP contribution in [0.25, 0.3) is 0 Å². The van der Waals surface area contributed by atoms with Crippen molar-refractivity contribution >= 4 is 0 Å². The third-order valence-corrected chi connectivity index (χ3v) is 3.35. The lowest BCUT2D eigenvalue weighted by atomic mass is 10.0. The standard InChI is InChI=1S/C15H22N2/c1-13(15-11-7-8-12-16-15)17-14-9-5-3-2-4-6-10-14/h5,7-9,11-14,17H,2-4,6,10H2,1H3/b9-5+. The molecule has 0 bridgehead atoms. The third-order valence-electron chi connectivity index (χ3n) is 3.35. The van der Waals surface area contributed by atoms with Crippen molar-refractivity contribution in [1.82, 2.24) is 10.3 Å². The molecule has 0 saturated carbocycles. The first kappa shape index (κ1) is 12.3. The van der Waals surface area contributed by atoms with Gasteiger partial charge in [-0.1, -0.05) is 31.1 Å². The lowest BCUT2D eigenvalue weighted by Gasteiger charge is -2.21. The van der Waals surface area contributed by atoms with E-state index in [4.69, 9.17) is 0 Å². The normalized spacial score (nSPS) is 24.6. The maximum Gasteiger partial charge on any atom is 0.0570 e. The Labute approximate surface area is 104 Å². The van der Waals surface area contributed by atoms with Crippen LogP contribution in [0.15, 0.2) is 36.5 Å². The zero-order valence-electron chi connectivity index (χ0n) is 10.6. The van der Waals surface area contributed by atoms with Gasteiger partial charge in [0.1, 0.15) is 0 Å². The van der Waals surface area contributed by atoms with Crippen LogP contribution in [0.1, 0.15) is 50.8 Å². The van der Waals surface area contributed by atoms with Gasteiger partial charge in [-0.3, -0.25) is 4.98 Å². The Bertz CT molecular complexity index is 345.